The number of hydrogen-bond acceptors (Lipinski definition) is 3. The van der Waals surface area contributed by atoms with Crippen molar-refractivity contribution in [3.63, 3.8) is 0 Å². The minimum absolute atomic E-state index is 0.0331. The SMILES string of the molecule is CN1C(=O)C[C@H](C(=O)NCc2cccc(F)c2)[C@@H]1c1cccs1. The van der Waals surface area contributed by atoms with E-state index in [1.807, 2.05) is 17.5 Å². The highest BCUT2D eigenvalue weighted by Gasteiger charge is 2.43. The number of thiophene rings is 1. The lowest BCUT2D eigenvalue weighted by molar-refractivity contribution is -0.128. The molecule has 2 atom stereocenters. The summed E-state index contributed by atoms with van der Waals surface area (Å²) in [7, 11) is 1.73. The molecule has 1 aromatic heterocycles. The van der Waals surface area contributed by atoms with Crippen LogP contribution in [-0.2, 0) is 16.1 Å². The number of nitrogens with one attached hydrogen (secondary N) is 1. The molecule has 1 aliphatic heterocycles. The van der Waals surface area contributed by atoms with Gasteiger partial charge in [-0.1, -0.05) is 18.2 Å². The van der Waals surface area contributed by atoms with E-state index in [4.69, 9.17) is 0 Å². The average molecular weight is 332 g/mol. The second-order valence-corrected chi connectivity index (χ2v) is 6.60. The molecule has 4 nitrogen and oxygen atoms in total. The molecular formula is C17H17FN2O2S. The highest BCUT2D eigenvalue weighted by Crippen LogP contribution is 2.39. The van der Waals surface area contributed by atoms with Gasteiger partial charge in [0.05, 0.1) is 12.0 Å². The molecule has 3 rings (SSSR count). The number of carbonyl (C=O) groups is 2. The van der Waals surface area contributed by atoms with Crippen LogP contribution in [0.15, 0.2) is 41.8 Å². The van der Waals surface area contributed by atoms with Crippen molar-refractivity contribution in [2.75, 3.05) is 7.05 Å². The number of halogens is 1. The van der Waals surface area contributed by atoms with Crippen molar-refractivity contribution in [1.29, 1.82) is 0 Å². The number of carbonyl (C=O) groups excluding carboxylic acids is 2. The van der Waals surface area contributed by atoms with Crippen molar-refractivity contribution < 1.29 is 14.0 Å². The molecule has 2 amide bonds. The van der Waals surface area contributed by atoms with Crippen molar-refractivity contribution in [1.82, 2.24) is 10.2 Å². The smallest absolute Gasteiger partial charge is 0.226 e. The monoisotopic (exact) mass is 332 g/mol. The summed E-state index contributed by atoms with van der Waals surface area (Å²) in [6, 6.07) is 9.75. The first-order chi connectivity index (χ1) is 11.1. The van der Waals surface area contributed by atoms with Crippen molar-refractivity contribution in [2.24, 2.45) is 5.92 Å². The minimum Gasteiger partial charge on any atom is -0.352 e. The molecule has 120 valence electrons. The molecule has 1 aromatic carbocycles. The lowest BCUT2D eigenvalue weighted by atomic mass is 9.98. The fourth-order valence-electron chi connectivity index (χ4n) is 2.92. The minimum atomic E-state index is -0.417. The molecule has 6 heteroatoms. The number of hydrogen-bond donors (Lipinski definition) is 1. The number of nitrogens with zero attached hydrogens (tertiary/aromatic N) is 1. The van der Waals surface area contributed by atoms with Crippen molar-refractivity contribution in [3.05, 3.63) is 58.0 Å². The van der Waals surface area contributed by atoms with E-state index in [0.29, 0.717) is 5.56 Å². The fourth-order valence-corrected chi connectivity index (χ4v) is 3.85. The lowest BCUT2D eigenvalue weighted by Crippen LogP contribution is -2.33. The summed E-state index contributed by atoms with van der Waals surface area (Å²) < 4.78 is 13.2. The summed E-state index contributed by atoms with van der Waals surface area (Å²) >= 11 is 1.54. The number of benzene rings is 1. The second-order valence-electron chi connectivity index (χ2n) is 5.62. The van der Waals surface area contributed by atoms with Gasteiger partial charge in [-0.2, -0.15) is 0 Å². The predicted octanol–water partition coefficient (Wildman–Crippen LogP) is 2.72. The Labute approximate surface area is 137 Å². The van der Waals surface area contributed by atoms with Gasteiger partial charge in [0, 0.05) is 24.9 Å². The Kier molecular flexibility index (Phi) is 4.43. The van der Waals surface area contributed by atoms with Crippen LogP contribution in [0.4, 0.5) is 4.39 Å². The average Bonchev–Trinajstić information content (AvgIpc) is 3.14. The van der Waals surface area contributed by atoms with Gasteiger partial charge in [0.2, 0.25) is 11.8 Å². The molecular weight excluding hydrogens is 315 g/mol. The first-order valence-electron chi connectivity index (χ1n) is 7.37. The molecule has 23 heavy (non-hydrogen) atoms. The normalized spacial score (nSPS) is 20.8. The van der Waals surface area contributed by atoms with E-state index in [-0.39, 0.29) is 36.6 Å². The van der Waals surface area contributed by atoms with Crippen LogP contribution in [0.3, 0.4) is 0 Å². The Morgan fingerprint density at radius 3 is 2.91 bits per heavy atom. The zero-order chi connectivity index (χ0) is 16.4. The number of amides is 2. The summed E-state index contributed by atoms with van der Waals surface area (Å²) in [6.45, 7) is 0.252. The molecule has 0 unspecified atom stereocenters. The van der Waals surface area contributed by atoms with Crippen molar-refractivity contribution in [3.8, 4) is 0 Å². The van der Waals surface area contributed by atoms with Gasteiger partial charge in [-0.25, -0.2) is 4.39 Å². The van der Waals surface area contributed by atoms with Gasteiger partial charge in [0.25, 0.3) is 0 Å². The predicted molar refractivity (Wildman–Crippen MR) is 86.2 cm³/mol. The molecule has 0 saturated carbocycles. The molecule has 1 N–H and O–H groups in total. The van der Waals surface area contributed by atoms with Crippen molar-refractivity contribution in [2.45, 2.75) is 19.0 Å². The van der Waals surface area contributed by atoms with Crippen LogP contribution in [0.1, 0.15) is 22.9 Å². The standard InChI is InChI=1S/C17H17FN2O2S/c1-20-15(21)9-13(16(20)14-6-3-7-23-14)17(22)19-10-11-4-2-5-12(18)8-11/h2-8,13,16H,9-10H2,1H3,(H,19,22)/t13-,16+/m0/s1. The van der Waals surface area contributed by atoms with Crippen LogP contribution in [0.5, 0.6) is 0 Å². The summed E-state index contributed by atoms with van der Waals surface area (Å²) in [5.41, 5.74) is 0.698. The van der Waals surface area contributed by atoms with Gasteiger partial charge in [0.15, 0.2) is 0 Å². The van der Waals surface area contributed by atoms with E-state index < -0.39 is 5.92 Å². The third kappa shape index (κ3) is 3.27. The molecule has 2 aromatic rings. The lowest BCUT2D eigenvalue weighted by Gasteiger charge is -2.23. The van der Waals surface area contributed by atoms with Gasteiger partial charge in [-0.3, -0.25) is 9.59 Å². The highest BCUT2D eigenvalue weighted by atomic mass is 32.1. The second kappa shape index (κ2) is 6.50. The third-order valence-corrected chi connectivity index (χ3v) is 5.06. The Balaban J connectivity index is 1.71. The zero-order valence-electron chi connectivity index (χ0n) is 12.7. The quantitative estimate of drug-likeness (QED) is 0.936. The topological polar surface area (TPSA) is 49.4 Å². The van der Waals surface area contributed by atoms with Crippen LogP contribution in [0.2, 0.25) is 0 Å². The number of rotatable bonds is 4. The maximum absolute atomic E-state index is 13.2. The Hall–Kier alpha value is -2.21. The summed E-state index contributed by atoms with van der Waals surface area (Å²) in [5, 5.41) is 4.76. The molecule has 0 bridgehead atoms. The molecule has 1 fully saturated rings. The molecule has 0 radical (unpaired) electrons. The van der Waals surface area contributed by atoms with Gasteiger partial charge < -0.3 is 10.2 Å². The maximum Gasteiger partial charge on any atom is 0.226 e. The van der Waals surface area contributed by atoms with Crippen LogP contribution < -0.4 is 5.32 Å². The van der Waals surface area contributed by atoms with E-state index in [9.17, 15) is 14.0 Å². The van der Waals surface area contributed by atoms with Gasteiger partial charge in [0.1, 0.15) is 5.82 Å². The zero-order valence-corrected chi connectivity index (χ0v) is 13.5. The van der Waals surface area contributed by atoms with Crippen LogP contribution >= 0.6 is 11.3 Å². The molecule has 0 aliphatic carbocycles. The largest absolute Gasteiger partial charge is 0.352 e. The molecule has 1 aliphatic rings. The van der Waals surface area contributed by atoms with Crippen LogP contribution in [0, 0.1) is 11.7 Å². The van der Waals surface area contributed by atoms with Gasteiger partial charge in [-0.05, 0) is 29.1 Å². The van der Waals surface area contributed by atoms with Crippen molar-refractivity contribution >= 4 is 23.2 Å². The Morgan fingerprint density at radius 1 is 1.39 bits per heavy atom. The van der Waals surface area contributed by atoms with E-state index >= 15 is 0 Å². The third-order valence-electron chi connectivity index (χ3n) is 4.11. The molecule has 1 saturated heterocycles. The first-order valence-corrected chi connectivity index (χ1v) is 8.25. The Bertz CT molecular complexity index is 717. The molecule has 2 heterocycles. The first kappa shape index (κ1) is 15.7. The van der Waals surface area contributed by atoms with Gasteiger partial charge in [-0.15, -0.1) is 11.3 Å². The van der Waals surface area contributed by atoms with E-state index in [2.05, 4.69) is 5.32 Å². The maximum atomic E-state index is 13.2. The summed E-state index contributed by atoms with van der Waals surface area (Å²) in [6.07, 6.45) is 0.202. The number of likely N-dealkylation sites (tertiary alicyclic amines) is 1. The van der Waals surface area contributed by atoms with E-state index in [1.54, 1.807) is 35.4 Å². The van der Waals surface area contributed by atoms with E-state index in [0.717, 1.165) is 4.88 Å². The summed E-state index contributed by atoms with van der Waals surface area (Å²) in [5.74, 6) is -0.955. The molecule has 0 spiro atoms. The van der Waals surface area contributed by atoms with Gasteiger partial charge >= 0.3 is 0 Å². The highest BCUT2D eigenvalue weighted by molar-refractivity contribution is 7.10. The van der Waals surface area contributed by atoms with Crippen LogP contribution in [-0.4, -0.2) is 23.8 Å². The van der Waals surface area contributed by atoms with E-state index in [1.165, 1.54) is 12.1 Å². The summed E-state index contributed by atoms with van der Waals surface area (Å²) in [4.78, 5) is 27.2. The Morgan fingerprint density at radius 2 is 2.22 bits per heavy atom. The van der Waals surface area contributed by atoms with Crippen LogP contribution in [0.25, 0.3) is 0 Å². The fraction of sp³-hybridized carbons (Fsp3) is 0.294.